The van der Waals surface area contributed by atoms with Crippen LogP contribution in [0.1, 0.15) is 10.4 Å². The van der Waals surface area contributed by atoms with Gasteiger partial charge in [-0.25, -0.2) is 9.78 Å². The molecule has 122 valence electrons. The van der Waals surface area contributed by atoms with E-state index in [4.69, 9.17) is 4.74 Å². The van der Waals surface area contributed by atoms with Crippen LogP contribution in [0.3, 0.4) is 0 Å². The normalized spacial score (nSPS) is 10.9. The number of hydrogen-bond donors (Lipinski definition) is 1. The Labute approximate surface area is 144 Å². The minimum absolute atomic E-state index is 0.196. The van der Waals surface area contributed by atoms with Crippen molar-refractivity contribution in [3.8, 4) is 11.4 Å². The largest absolute Gasteiger partial charge is 0.458 e. The summed E-state index contributed by atoms with van der Waals surface area (Å²) in [7, 11) is 0. The Balaban J connectivity index is 1.78. The maximum atomic E-state index is 12.0. The van der Waals surface area contributed by atoms with E-state index in [-0.39, 0.29) is 12.6 Å². The Bertz CT molecular complexity index is 1090. The molecule has 1 heterocycles. The SMILES string of the molecule is C=CCOC(=O)c1ccc2nc(-c3cccc4ccccc34)[nH]c2c1. The molecule has 4 aromatic rings. The predicted molar refractivity (Wildman–Crippen MR) is 99.5 cm³/mol. The van der Waals surface area contributed by atoms with Crippen LogP contribution in [0, 0.1) is 0 Å². The standard InChI is InChI=1S/C21H16N2O2/c1-2-12-25-21(24)15-10-11-18-19(13-15)23-20(22-18)17-9-5-7-14-6-3-4-8-16(14)17/h2-11,13H,1,12H2,(H,22,23). The predicted octanol–water partition coefficient (Wildman–Crippen LogP) is 4.73. The molecule has 1 aromatic heterocycles. The van der Waals surface area contributed by atoms with Gasteiger partial charge in [-0.3, -0.25) is 0 Å². The highest BCUT2D eigenvalue weighted by molar-refractivity contribution is 5.98. The van der Waals surface area contributed by atoms with Gasteiger partial charge in [0.05, 0.1) is 16.6 Å². The minimum Gasteiger partial charge on any atom is -0.458 e. The Hall–Kier alpha value is -3.40. The van der Waals surface area contributed by atoms with Gasteiger partial charge in [-0.2, -0.15) is 0 Å². The van der Waals surface area contributed by atoms with Crippen molar-refractivity contribution in [3.05, 3.63) is 78.9 Å². The summed E-state index contributed by atoms with van der Waals surface area (Å²) in [5.41, 5.74) is 3.13. The zero-order chi connectivity index (χ0) is 17.2. The second kappa shape index (κ2) is 6.24. The third-order valence-electron chi connectivity index (χ3n) is 4.09. The molecule has 0 spiro atoms. The molecule has 3 aromatic carbocycles. The average molecular weight is 328 g/mol. The molecule has 4 nitrogen and oxygen atoms in total. The maximum absolute atomic E-state index is 12.0. The molecule has 1 N–H and O–H groups in total. The van der Waals surface area contributed by atoms with Crippen LogP contribution in [0.5, 0.6) is 0 Å². The fourth-order valence-corrected chi connectivity index (χ4v) is 2.91. The number of aromatic nitrogens is 2. The zero-order valence-corrected chi connectivity index (χ0v) is 13.5. The first-order chi connectivity index (χ1) is 12.3. The van der Waals surface area contributed by atoms with E-state index in [1.165, 1.54) is 0 Å². The van der Waals surface area contributed by atoms with Crippen molar-refractivity contribution in [1.82, 2.24) is 9.97 Å². The van der Waals surface area contributed by atoms with E-state index in [0.29, 0.717) is 5.56 Å². The molecule has 25 heavy (non-hydrogen) atoms. The second-order valence-corrected chi connectivity index (χ2v) is 5.73. The van der Waals surface area contributed by atoms with Gasteiger partial charge < -0.3 is 9.72 Å². The number of carbonyl (C=O) groups is 1. The van der Waals surface area contributed by atoms with Gasteiger partial charge in [0.2, 0.25) is 0 Å². The topological polar surface area (TPSA) is 55.0 Å². The molecule has 0 aliphatic carbocycles. The van der Waals surface area contributed by atoms with Gasteiger partial charge in [0.1, 0.15) is 12.4 Å². The lowest BCUT2D eigenvalue weighted by molar-refractivity contribution is 0.0550. The molecule has 0 aliphatic heterocycles. The molecule has 0 unspecified atom stereocenters. The molecule has 4 heteroatoms. The van der Waals surface area contributed by atoms with Crippen molar-refractivity contribution in [2.75, 3.05) is 6.61 Å². The number of ether oxygens (including phenoxy) is 1. The molecular weight excluding hydrogens is 312 g/mol. The summed E-state index contributed by atoms with van der Waals surface area (Å²) >= 11 is 0. The molecule has 0 saturated heterocycles. The molecule has 0 atom stereocenters. The smallest absolute Gasteiger partial charge is 0.338 e. The first kappa shape index (κ1) is 15.1. The third kappa shape index (κ3) is 2.78. The number of hydrogen-bond acceptors (Lipinski definition) is 3. The molecule has 4 rings (SSSR count). The Morgan fingerprint density at radius 3 is 2.84 bits per heavy atom. The number of nitrogens with zero attached hydrogens (tertiary/aromatic N) is 1. The molecule has 0 fully saturated rings. The fraction of sp³-hybridized carbons (Fsp3) is 0.0476. The van der Waals surface area contributed by atoms with Crippen molar-refractivity contribution < 1.29 is 9.53 Å². The van der Waals surface area contributed by atoms with Crippen LogP contribution in [-0.2, 0) is 4.74 Å². The number of fused-ring (bicyclic) bond motifs is 2. The summed E-state index contributed by atoms with van der Waals surface area (Å²) in [5.74, 6) is 0.409. The van der Waals surface area contributed by atoms with Gasteiger partial charge in [-0.15, -0.1) is 0 Å². The quantitative estimate of drug-likeness (QED) is 0.435. The first-order valence-electron chi connectivity index (χ1n) is 8.02. The third-order valence-corrected chi connectivity index (χ3v) is 4.09. The highest BCUT2D eigenvalue weighted by atomic mass is 16.5. The average Bonchev–Trinajstić information content (AvgIpc) is 3.08. The van der Waals surface area contributed by atoms with Crippen LogP contribution in [0.4, 0.5) is 0 Å². The van der Waals surface area contributed by atoms with Crippen molar-refractivity contribution >= 4 is 27.8 Å². The first-order valence-corrected chi connectivity index (χ1v) is 8.02. The van der Waals surface area contributed by atoms with Gasteiger partial charge in [-0.1, -0.05) is 55.1 Å². The van der Waals surface area contributed by atoms with Gasteiger partial charge in [0, 0.05) is 5.56 Å². The highest BCUT2D eigenvalue weighted by Gasteiger charge is 2.12. The van der Waals surface area contributed by atoms with Crippen LogP contribution in [0.25, 0.3) is 33.2 Å². The molecule has 0 radical (unpaired) electrons. The van der Waals surface area contributed by atoms with Crippen molar-refractivity contribution in [3.63, 3.8) is 0 Å². The van der Waals surface area contributed by atoms with Crippen LogP contribution < -0.4 is 0 Å². The molecular formula is C21H16N2O2. The molecule has 0 saturated carbocycles. The monoisotopic (exact) mass is 328 g/mol. The molecule has 0 bridgehead atoms. The summed E-state index contributed by atoms with van der Waals surface area (Å²) in [5, 5.41) is 2.30. The van der Waals surface area contributed by atoms with E-state index in [1.54, 1.807) is 18.2 Å². The van der Waals surface area contributed by atoms with Gasteiger partial charge in [0.25, 0.3) is 0 Å². The van der Waals surface area contributed by atoms with E-state index in [9.17, 15) is 4.79 Å². The summed E-state index contributed by atoms with van der Waals surface area (Å²) in [6.45, 7) is 3.74. The summed E-state index contributed by atoms with van der Waals surface area (Å²) < 4.78 is 5.08. The number of carbonyl (C=O) groups excluding carboxylic acids is 1. The van der Waals surface area contributed by atoms with E-state index in [2.05, 4.69) is 34.7 Å². The number of benzene rings is 3. The summed E-state index contributed by atoms with van der Waals surface area (Å²) in [6, 6.07) is 19.6. The maximum Gasteiger partial charge on any atom is 0.338 e. The van der Waals surface area contributed by atoms with Crippen LogP contribution >= 0.6 is 0 Å². The lowest BCUT2D eigenvalue weighted by Crippen LogP contribution is -2.04. The number of esters is 1. The van der Waals surface area contributed by atoms with E-state index in [0.717, 1.165) is 33.2 Å². The summed E-state index contributed by atoms with van der Waals surface area (Å²) in [4.78, 5) is 20.0. The number of imidazole rings is 1. The number of rotatable bonds is 4. The van der Waals surface area contributed by atoms with Gasteiger partial charge >= 0.3 is 5.97 Å². The number of aromatic amines is 1. The lowest BCUT2D eigenvalue weighted by atomic mass is 10.0. The Morgan fingerprint density at radius 2 is 1.96 bits per heavy atom. The van der Waals surface area contributed by atoms with Crippen LogP contribution in [0.2, 0.25) is 0 Å². The Kier molecular flexibility index (Phi) is 3.78. The minimum atomic E-state index is -0.372. The van der Waals surface area contributed by atoms with Gasteiger partial charge in [-0.05, 0) is 29.0 Å². The van der Waals surface area contributed by atoms with Gasteiger partial charge in [0.15, 0.2) is 0 Å². The van der Waals surface area contributed by atoms with E-state index < -0.39 is 0 Å². The van der Waals surface area contributed by atoms with Crippen molar-refractivity contribution in [2.45, 2.75) is 0 Å². The Morgan fingerprint density at radius 1 is 1.12 bits per heavy atom. The number of nitrogens with one attached hydrogen (secondary N) is 1. The van der Waals surface area contributed by atoms with E-state index in [1.807, 2.05) is 30.3 Å². The fourth-order valence-electron chi connectivity index (χ4n) is 2.91. The lowest BCUT2D eigenvalue weighted by Gasteiger charge is -2.03. The van der Waals surface area contributed by atoms with Crippen LogP contribution in [0.15, 0.2) is 73.3 Å². The van der Waals surface area contributed by atoms with Crippen LogP contribution in [-0.4, -0.2) is 22.5 Å². The molecule has 0 amide bonds. The number of H-pyrrole nitrogens is 1. The summed E-state index contributed by atoms with van der Waals surface area (Å²) in [6.07, 6.45) is 1.55. The second-order valence-electron chi connectivity index (χ2n) is 5.73. The zero-order valence-electron chi connectivity index (χ0n) is 13.5. The molecule has 0 aliphatic rings. The highest BCUT2D eigenvalue weighted by Crippen LogP contribution is 2.28. The van der Waals surface area contributed by atoms with E-state index >= 15 is 0 Å². The van der Waals surface area contributed by atoms with Crippen molar-refractivity contribution in [2.24, 2.45) is 0 Å². The van der Waals surface area contributed by atoms with Crippen molar-refractivity contribution in [1.29, 1.82) is 0 Å².